The normalized spacial score (nSPS) is 12.2. The minimum atomic E-state index is -0.551. The van der Waals surface area contributed by atoms with E-state index in [-0.39, 0.29) is 5.91 Å². The van der Waals surface area contributed by atoms with Crippen molar-refractivity contribution < 1.29 is 4.79 Å². The van der Waals surface area contributed by atoms with Crippen LogP contribution in [0.5, 0.6) is 0 Å². The predicted molar refractivity (Wildman–Crippen MR) is 95.7 cm³/mol. The number of nitrogens with one attached hydrogen (secondary N) is 2. The Kier molecular flexibility index (Phi) is 6.94. The Hall–Kier alpha value is -1.69. The van der Waals surface area contributed by atoms with Crippen molar-refractivity contribution in [2.45, 2.75) is 27.3 Å². The van der Waals surface area contributed by atoms with E-state index in [4.69, 9.17) is 11.6 Å². The van der Waals surface area contributed by atoms with Gasteiger partial charge in [0.05, 0.1) is 23.5 Å². The van der Waals surface area contributed by atoms with Gasteiger partial charge >= 0.3 is 0 Å². The second-order valence-electron chi connectivity index (χ2n) is 6.25. The average molecular weight is 342 g/mol. The highest BCUT2D eigenvalue weighted by atomic mass is 35.5. The van der Waals surface area contributed by atoms with Crippen molar-refractivity contribution in [2.24, 2.45) is 17.5 Å². The number of aryl methyl sites for hydroxylation is 1. The molecule has 0 spiro atoms. The Labute approximate surface area is 143 Å². The van der Waals surface area contributed by atoms with E-state index in [1.54, 1.807) is 7.05 Å². The van der Waals surface area contributed by atoms with E-state index in [9.17, 15) is 4.79 Å². The van der Waals surface area contributed by atoms with Gasteiger partial charge in [0.2, 0.25) is 5.91 Å². The molecule has 1 rings (SSSR count). The highest BCUT2D eigenvalue weighted by molar-refractivity contribution is 6.30. The van der Waals surface area contributed by atoms with Gasteiger partial charge in [0.25, 0.3) is 0 Å². The SMILES string of the molecule is CCNC(=NCC(C)(C)C(=O)NC)N(C)Cc1cc(Cl)cn1C. The lowest BCUT2D eigenvalue weighted by Gasteiger charge is -2.25. The molecule has 1 heterocycles. The number of rotatable bonds is 6. The smallest absolute Gasteiger partial charge is 0.227 e. The van der Waals surface area contributed by atoms with Crippen LogP contribution in [0.15, 0.2) is 17.3 Å². The van der Waals surface area contributed by atoms with Crippen molar-refractivity contribution in [1.29, 1.82) is 0 Å². The maximum atomic E-state index is 11.9. The average Bonchev–Trinajstić information content (AvgIpc) is 2.80. The van der Waals surface area contributed by atoms with Crippen molar-refractivity contribution in [1.82, 2.24) is 20.1 Å². The summed E-state index contributed by atoms with van der Waals surface area (Å²) in [6.07, 6.45) is 1.88. The van der Waals surface area contributed by atoms with Crippen LogP contribution in [0.3, 0.4) is 0 Å². The van der Waals surface area contributed by atoms with Crippen LogP contribution >= 0.6 is 11.6 Å². The van der Waals surface area contributed by atoms with Gasteiger partial charge in [0.1, 0.15) is 0 Å². The third-order valence-electron chi connectivity index (χ3n) is 3.64. The van der Waals surface area contributed by atoms with E-state index in [2.05, 4.69) is 15.6 Å². The maximum absolute atomic E-state index is 11.9. The number of hydrogen-bond acceptors (Lipinski definition) is 2. The summed E-state index contributed by atoms with van der Waals surface area (Å²) in [5, 5.41) is 6.66. The van der Waals surface area contributed by atoms with Gasteiger partial charge in [-0.3, -0.25) is 9.79 Å². The summed E-state index contributed by atoms with van der Waals surface area (Å²) < 4.78 is 2.00. The number of carbonyl (C=O) groups excluding carboxylic acids is 1. The predicted octanol–water partition coefficient (Wildman–Crippen LogP) is 1.85. The minimum absolute atomic E-state index is 0.0195. The first-order valence-corrected chi connectivity index (χ1v) is 8.11. The van der Waals surface area contributed by atoms with Crippen LogP contribution in [0, 0.1) is 5.41 Å². The van der Waals surface area contributed by atoms with E-state index in [1.165, 1.54) is 0 Å². The van der Waals surface area contributed by atoms with Gasteiger partial charge in [-0.05, 0) is 26.8 Å². The molecule has 0 aliphatic rings. The molecule has 130 valence electrons. The molecule has 2 N–H and O–H groups in total. The van der Waals surface area contributed by atoms with E-state index in [0.717, 1.165) is 23.2 Å². The van der Waals surface area contributed by atoms with Crippen LogP contribution in [0.2, 0.25) is 5.02 Å². The molecule has 23 heavy (non-hydrogen) atoms. The summed E-state index contributed by atoms with van der Waals surface area (Å²) in [5.41, 5.74) is 0.540. The van der Waals surface area contributed by atoms with Gasteiger partial charge in [-0.2, -0.15) is 0 Å². The second kappa shape index (κ2) is 8.24. The molecule has 1 aromatic rings. The molecule has 6 nitrogen and oxygen atoms in total. The van der Waals surface area contributed by atoms with E-state index >= 15 is 0 Å². The number of nitrogens with zero attached hydrogens (tertiary/aromatic N) is 3. The van der Waals surface area contributed by atoms with Crippen LogP contribution < -0.4 is 10.6 Å². The third kappa shape index (κ3) is 5.46. The number of aliphatic imine (C=N–C) groups is 1. The molecule has 0 aliphatic carbocycles. The van der Waals surface area contributed by atoms with Crippen molar-refractivity contribution in [2.75, 3.05) is 27.2 Å². The molecule has 0 aliphatic heterocycles. The number of hydrogen-bond donors (Lipinski definition) is 2. The van der Waals surface area contributed by atoms with Gasteiger partial charge in [-0.25, -0.2) is 0 Å². The molecule has 0 fully saturated rings. The quantitative estimate of drug-likeness (QED) is 0.613. The number of halogens is 1. The summed E-state index contributed by atoms with van der Waals surface area (Å²) in [5.74, 6) is 0.746. The van der Waals surface area contributed by atoms with E-state index in [1.807, 2.05) is 56.6 Å². The van der Waals surface area contributed by atoms with Gasteiger partial charge < -0.3 is 20.1 Å². The molecule has 1 aromatic heterocycles. The molecule has 1 amide bonds. The lowest BCUT2D eigenvalue weighted by atomic mass is 9.93. The fourth-order valence-corrected chi connectivity index (χ4v) is 2.47. The van der Waals surface area contributed by atoms with Crippen LogP contribution in [-0.2, 0) is 18.4 Å². The van der Waals surface area contributed by atoms with Crippen LogP contribution in [0.25, 0.3) is 0 Å². The molecule has 0 bridgehead atoms. The summed E-state index contributed by atoms with van der Waals surface area (Å²) in [6, 6.07) is 1.94. The van der Waals surface area contributed by atoms with Crippen molar-refractivity contribution in [3.8, 4) is 0 Å². The van der Waals surface area contributed by atoms with Crippen molar-refractivity contribution >= 4 is 23.5 Å². The van der Waals surface area contributed by atoms with Crippen LogP contribution in [-0.4, -0.2) is 48.5 Å². The topological polar surface area (TPSA) is 61.7 Å². The summed E-state index contributed by atoms with van der Waals surface area (Å²) in [4.78, 5) is 18.5. The zero-order valence-electron chi connectivity index (χ0n) is 14.9. The summed E-state index contributed by atoms with van der Waals surface area (Å²) >= 11 is 6.03. The molecule has 0 unspecified atom stereocenters. The standard InChI is InChI=1S/C16H28ClN5O/c1-7-19-15(20-11-16(2,3)14(23)18-4)22(6)10-13-8-12(17)9-21(13)5/h8-9H,7,10-11H2,1-6H3,(H,18,23)(H,19,20). The molecule has 0 saturated heterocycles. The lowest BCUT2D eigenvalue weighted by molar-refractivity contribution is -0.128. The molecule has 7 heteroatoms. The van der Waals surface area contributed by atoms with Crippen LogP contribution in [0.1, 0.15) is 26.5 Å². The highest BCUT2D eigenvalue weighted by Crippen LogP contribution is 2.16. The summed E-state index contributed by atoms with van der Waals surface area (Å²) in [6.45, 7) is 7.64. The zero-order valence-corrected chi connectivity index (χ0v) is 15.7. The Morgan fingerprint density at radius 3 is 2.61 bits per heavy atom. The highest BCUT2D eigenvalue weighted by Gasteiger charge is 2.26. The van der Waals surface area contributed by atoms with E-state index in [0.29, 0.717) is 13.1 Å². The summed E-state index contributed by atoms with van der Waals surface area (Å²) in [7, 11) is 5.58. The molecular formula is C16H28ClN5O. The van der Waals surface area contributed by atoms with E-state index < -0.39 is 5.41 Å². The van der Waals surface area contributed by atoms with Gasteiger partial charge in [0, 0.05) is 39.6 Å². The fourth-order valence-electron chi connectivity index (χ4n) is 2.19. The number of carbonyl (C=O) groups is 1. The molecule has 0 atom stereocenters. The Balaban J connectivity index is 2.85. The lowest BCUT2D eigenvalue weighted by Crippen LogP contribution is -2.41. The first kappa shape index (κ1) is 19.4. The first-order valence-electron chi connectivity index (χ1n) is 7.73. The van der Waals surface area contributed by atoms with Crippen LogP contribution in [0.4, 0.5) is 0 Å². The second-order valence-corrected chi connectivity index (χ2v) is 6.69. The largest absolute Gasteiger partial charge is 0.359 e. The molecular weight excluding hydrogens is 314 g/mol. The Bertz CT molecular complexity index is 565. The number of aromatic nitrogens is 1. The van der Waals surface area contributed by atoms with Crippen molar-refractivity contribution in [3.63, 3.8) is 0 Å². The third-order valence-corrected chi connectivity index (χ3v) is 3.84. The minimum Gasteiger partial charge on any atom is -0.359 e. The maximum Gasteiger partial charge on any atom is 0.227 e. The van der Waals surface area contributed by atoms with Gasteiger partial charge in [-0.1, -0.05) is 11.6 Å². The van der Waals surface area contributed by atoms with Gasteiger partial charge in [0.15, 0.2) is 5.96 Å². The first-order chi connectivity index (χ1) is 10.7. The zero-order chi connectivity index (χ0) is 17.6. The van der Waals surface area contributed by atoms with Gasteiger partial charge in [-0.15, -0.1) is 0 Å². The Morgan fingerprint density at radius 1 is 1.48 bits per heavy atom. The van der Waals surface area contributed by atoms with Crippen molar-refractivity contribution in [3.05, 3.63) is 23.0 Å². The monoisotopic (exact) mass is 341 g/mol. The molecule has 0 aromatic carbocycles. The molecule has 0 radical (unpaired) electrons. The fraction of sp³-hybridized carbons (Fsp3) is 0.625. The number of amides is 1. The Morgan fingerprint density at radius 2 is 2.13 bits per heavy atom. The number of guanidine groups is 1. The molecule has 0 saturated carbocycles.